The van der Waals surface area contributed by atoms with Crippen LogP contribution < -0.4 is 0 Å². The first-order chi connectivity index (χ1) is 4.29. The number of nitrogens with zero attached hydrogens (tertiary/aromatic N) is 2. The Bertz CT molecular complexity index is 159. The fourth-order valence-corrected chi connectivity index (χ4v) is 1.28. The summed E-state index contributed by atoms with van der Waals surface area (Å²) in [5, 5.41) is 3.44. The van der Waals surface area contributed by atoms with E-state index >= 15 is 0 Å². The molecule has 2 atom stereocenters. The fraction of sp³-hybridized carbons (Fsp3) is 0.800. The lowest BCUT2D eigenvalue weighted by atomic mass is 10.2. The van der Waals surface area contributed by atoms with Gasteiger partial charge in [-0.15, -0.1) is 0 Å². The minimum atomic E-state index is -0.108. The molecule has 2 saturated heterocycles. The van der Waals surface area contributed by atoms with Crippen LogP contribution in [-0.4, -0.2) is 35.8 Å². The number of carbonyl (C=O) groups is 1. The van der Waals surface area contributed by atoms with Gasteiger partial charge in [0.1, 0.15) is 6.04 Å². The van der Waals surface area contributed by atoms with Gasteiger partial charge in [0.2, 0.25) is 0 Å². The first kappa shape index (κ1) is 5.20. The summed E-state index contributed by atoms with van der Waals surface area (Å²) < 4.78 is 0. The van der Waals surface area contributed by atoms with Crippen LogP contribution in [-0.2, 0) is 9.63 Å². The van der Waals surface area contributed by atoms with E-state index in [1.54, 1.807) is 5.17 Å². The molecular formula is C5H8N2O2. The van der Waals surface area contributed by atoms with Crippen LogP contribution in [0.4, 0.5) is 0 Å². The van der Waals surface area contributed by atoms with Crippen LogP contribution in [0.2, 0.25) is 0 Å². The highest BCUT2D eigenvalue weighted by atomic mass is 16.8. The molecule has 2 fully saturated rings. The van der Waals surface area contributed by atoms with Crippen LogP contribution >= 0.6 is 0 Å². The van der Waals surface area contributed by atoms with Crippen molar-refractivity contribution in [2.24, 2.45) is 0 Å². The predicted octanol–water partition coefficient (Wildman–Crippen LogP) is -0.621. The van der Waals surface area contributed by atoms with Gasteiger partial charge in [-0.05, 0) is 6.42 Å². The number of hydroxylamine groups is 1. The molecule has 0 aromatic carbocycles. The standard InChI is InChI=1S/C5H8N2O2/c1-6-4-2-3-7(6)9-5(4)8/h4H,2-3H2,1H3. The molecule has 0 spiro atoms. The second-order valence-electron chi connectivity index (χ2n) is 2.36. The van der Waals surface area contributed by atoms with Gasteiger partial charge in [0.05, 0.1) is 6.54 Å². The van der Waals surface area contributed by atoms with E-state index in [2.05, 4.69) is 0 Å². The van der Waals surface area contributed by atoms with E-state index in [4.69, 9.17) is 4.84 Å². The maximum atomic E-state index is 10.7. The zero-order valence-corrected chi connectivity index (χ0v) is 5.20. The number of hydrazine groups is 1. The highest BCUT2D eigenvalue weighted by Crippen LogP contribution is 2.24. The molecule has 2 aliphatic rings. The minimum Gasteiger partial charge on any atom is -0.351 e. The van der Waals surface area contributed by atoms with E-state index in [9.17, 15) is 4.79 Å². The molecule has 4 nitrogen and oxygen atoms in total. The van der Waals surface area contributed by atoms with Crippen LogP contribution in [0.1, 0.15) is 6.42 Å². The second kappa shape index (κ2) is 1.46. The molecule has 9 heavy (non-hydrogen) atoms. The van der Waals surface area contributed by atoms with Crippen LogP contribution in [0.15, 0.2) is 0 Å². The van der Waals surface area contributed by atoms with Crippen molar-refractivity contribution in [3.8, 4) is 0 Å². The van der Waals surface area contributed by atoms with Gasteiger partial charge >= 0.3 is 5.97 Å². The molecule has 2 heterocycles. The van der Waals surface area contributed by atoms with Gasteiger partial charge in [-0.25, -0.2) is 4.79 Å². The van der Waals surface area contributed by atoms with Crippen molar-refractivity contribution in [1.82, 2.24) is 10.2 Å². The third-order valence-electron chi connectivity index (χ3n) is 1.86. The van der Waals surface area contributed by atoms with Crippen molar-refractivity contribution in [1.29, 1.82) is 0 Å². The minimum absolute atomic E-state index is 0.00463. The Labute approximate surface area is 52.9 Å². The number of hydrogen-bond acceptors (Lipinski definition) is 4. The summed E-state index contributed by atoms with van der Waals surface area (Å²) in [7, 11) is 1.86. The number of carbonyl (C=O) groups excluding carboxylic acids is 1. The maximum Gasteiger partial charge on any atom is 0.345 e. The molecule has 2 aliphatic heterocycles. The second-order valence-corrected chi connectivity index (χ2v) is 2.36. The van der Waals surface area contributed by atoms with E-state index in [1.807, 2.05) is 12.1 Å². The molecule has 0 saturated carbocycles. The summed E-state index contributed by atoms with van der Waals surface area (Å²) in [4.78, 5) is 15.5. The smallest absolute Gasteiger partial charge is 0.345 e. The Morgan fingerprint density at radius 1 is 1.78 bits per heavy atom. The molecule has 0 aliphatic carbocycles. The van der Waals surface area contributed by atoms with Gasteiger partial charge in [-0.1, -0.05) is 5.17 Å². The Morgan fingerprint density at radius 3 is 2.78 bits per heavy atom. The highest BCUT2D eigenvalue weighted by molar-refractivity contribution is 5.77. The number of fused-ring (bicyclic) bond motifs is 2. The molecule has 0 radical (unpaired) electrons. The zero-order valence-electron chi connectivity index (χ0n) is 5.20. The average molecular weight is 128 g/mol. The van der Waals surface area contributed by atoms with Crippen LogP contribution in [0, 0.1) is 0 Å². The van der Waals surface area contributed by atoms with Crippen LogP contribution in [0.5, 0.6) is 0 Å². The van der Waals surface area contributed by atoms with E-state index in [0.717, 1.165) is 13.0 Å². The average Bonchev–Trinajstić information content (AvgIpc) is 2.25. The summed E-state index contributed by atoms with van der Waals surface area (Å²) in [5.74, 6) is -0.108. The fourth-order valence-electron chi connectivity index (χ4n) is 1.28. The van der Waals surface area contributed by atoms with Gasteiger partial charge in [0.15, 0.2) is 0 Å². The zero-order chi connectivity index (χ0) is 6.43. The quantitative estimate of drug-likeness (QED) is 0.435. The monoisotopic (exact) mass is 128 g/mol. The lowest BCUT2D eigenvalue weighted by molar-refractivity contribution is -0.206. The van der Waals surface area contributed by atoms with E-state index in [0.29, 0.717) is 0 Å². The number of hydrogen-bond donors (Lipinski definition) is 0. The summed E-state index contributed by atoms with van der Waals surface area (Å²) in [6.07, 6.45) is 0.912. The van der Waals surface area contributed by atoms with Gasteiger partial charge in [0, 0.05) is 7.05 Å². The molecule has 50 valence electrons. The van der Waals surface area contributed by atoms with Crippen LogP contribution in [0.3, 0.4) is 0 Å². The molecule has 2 bridgehead atoms. The first-order valence-corrected chi connectivity index (χ1v) is 3.01. The lowest BCUT2D eigenvalue weighted by Crippen LogP contribution is -2.27. The Hall–Kier alpha value is -0.610. The normalized spacial score (nSPS) is 41.7. The van der Waals surface area contributed by atoms with Gasteiger partial charge < -0.3 is 4.84 Å². The molecule has 4 heteroatoms. The molecule has 0 amide bonds. The third kappa shape index (κ3) is 0.516. The number of likely N-dealkylation sites (N-methyl/N-ethyl adjacent to an activating group) is 1. The summed E-state index contributed by atoms with van der Waals surface area (Å²) >= 11 is 0. The van der Waals surface area contributed by atoms with Crippen molar-refractivity contribution in [3.05, 3.63) is 0 Å². The predicted molar refractivity (Wildman–Crippen MR) is 29.0 cm³/mol. The molecule has 0 aromatic heterocycles. The maximum absolute atomic E-state index is 10.7. The van der Waals surface area contributed by atoms with Gasteiger partial charge in [-0.3, -0.25) is 0 Å². The molecule has 2 unspecified atom stereocenters. The number of rotatable bonds is 0. The van der Waals surface area contributed by atoms with Crippen molar-refractivity contribution >= 4 is 5.97 Å². The van der Waals surface area contributed by atoms with Crippen molar-refractivity contribution in [3.63, 3.8) is 0 Å². The molecular weight excluding hydrogens is 120 g/mol. The summed E-state index contributed by atoms with van der Waals surface area (Å²) in [6.45, 7) is 0.854. The summed E-state index contributed by atoms with van der Waals surface area (Å²) in [5.41, 5.74) is 0. The summed E-state index contributed by atoms with van der Waals surface area (Å²) in [6, 6.07) is 0.00463. The largest absolute Gasteiger partial charge is 0.351 e. The van der Waals surface area contributed by atoms with Crippen LogP contribution in [0.25, 0.3) is 0 Å². The Morgan fingerprint density at radius 2 is 2.56 bits per heavy atom. The van der Waals surface area contributed by atoms with Crippen molar-refractivity contribution in [2.75, 3.05) is 13.6 Å². The van der Waals surface area contributed by atoms with Crippen molar-refractivity contribution < 1.29 is 9.63 Å². The van der Waals surface area contributed by atoms with Gasteiger partial charge in [-0.2, -0.15) is 5.01 Å². The van der Waals surface area contributed by atoms with E-state index in [1.165, 1.54) is 0 Å². The Kier molecular flexibility index (Phi) is 0.841. The SMILES string of the molecule is CN1C2CCN1OC2=O. The third-order valence-corrected chi connectivity index (χ3v) is 1.86. The first-order valence-electron chi connectivity index (χ1n) is 3.01. The van der Waals surface area contributed by atoms with Crippen molar-refractivity contribution in [2.45, 2.75) is 12.5 Å². The molecule has 2 rings (SSSR count). The molecule has 0 N–H and O–H groups in total. The van der Waals surface area contributed by atoms with E-state index in [-0.39, 0.29) is 12.0 Å². The topological polar surface area (TPSA) is 32.8 Å². The molecule has 0 aromatic rings. The van der Waals surface area contributed by atoms with E-state index < -0.39 is 0 Å². The highest BCUT2D eigenvalue weighted by Gasteiger charge is 2.44. The Balaban J connectivity index is 2.26. The lowest BCUT2D eigenvalue weighted by Gasteiger charge is -2.12. The van der Waals surface area contributed by atoms with Gasteiger partial charge in [0.25, 0.3) is 0 Å².